The average Bonchev–Trinajstić information content (AvgIpc) is 2.19. The van der Waals surface area contributed by atoms with Crippen molar-refractivity contribution in [3.63, 3.8) is 0 Å². The van der Waals surface area contributed by atoms with Gasteiger partial charge in [0, 0.05) is 18.7 Å². The van der Waals surface area contributed by atoms with Gasteiger partial charge in [-0.2, -0.15) is 8.78 Å². The molecule has 0 aliphatic rings. The fraction of sp³-hybridized carbons (Fsp3) is 0.500. The number of benzene rings is 1. The normalized spacial score (nSPS) is 12.1. The third kappa shape index (κ3) is 2.34. The van der Waals surface area contributed by atoms with Crippen molar-refractivity contribution in [3.8, 4) is 0 Å². The van der Waals surface area contributed by atoms with Crippen molar-refractivity contribution in [3.05, 3.63) is 35.4 Å². The SMILES string of the molecule is CCN(CC)C(F)(F)c1ccccc1C. The van der Waals surface area contributed by atoms with Crippen LogP contribution in [0.3, 0.4) is 0 Å². The van der Waals surface area contributed by atoms with Gasteiger partial charge in [0.2, 0.25) is 0 Å². The topological polar surface area (TPSA) is 3.24 Å². The quantitative estimate of drug-likeness (QED) is 0.693. The maximum atomic E-state index is 14.0. The Balaban J connectivity index is 3.09. The molecule has 3 heteroatoms. The highest BCUT2D eigenvalue weighted by Crippen LogP contribution is 2.33. The molecule has 0 aliphatic carbocycles. The first-order valence-electron chi connectivity index (χ1n) is 5.23. The zero-order valence-electron chi connectivity index (χ0n) is 9.43. The first kappa shape index (κ1) is 12.1. The number of alkyl halides is 2. The van der Waals surface area contributed by atoms with Crippen LogP contribution in [0.5, 0.6) is 0 Å². The van der Waals surface area contributed by atoms with Crippen LogP contribution < -0.4 is 0 Å². The number of hydrogen-bond acceptors (Lipinski definition) is 1. The van der Waals surface area contributed by atoms with Gasteiger partial charge in [-0.05, 0) is 12.5 Å². The van der Waals surface area contributed by atoms with E-state index >= 15 is 0 Å². The van der Waals surface area contributed by atoms with Crippen LogP contribution in [0.1, 0.15) is 25.0 Å². The van der Waals surface area contributed by atoms with Gasteiger partial charge in [0.25, 0.3) is 0 Å². The van der Waals surface area contributed by atoms with Gasteiger partial charge in [0.1, 0.15) is 0 Å². The fourth-order valence-electron chi connectivity index (χ4n) is 1.70. The molecular weight excluding hydrogens is 196 g/mol. The second-order valence-corrected chi connectivity index (χ2v) is 3.53. The van der Waals surface area contributed by atoms with E-state index in [1.54, 1.807) is 39.0 Å². The van der Waals surface area contributed by atoms with E-state index < -0.39 is 6.05 Å². The Labute approximate surface area is 89.7 Å². The minimum absolute atomic E-state index is 0.105. The Morgan fingerprint density at radius 2 is 1.67 bits per heavy atom. The molecule has 1 rings (SSSR count). The molecule has 0 heterocycles. The van der Waals surface area contributed by atoms with Crippen molar-refractivity contribution in [2.75, 3.05) is 13.1 Å². The fourth-order valence-corrected chi connectivity index (χ4v) is 1.70. The van der Waals surface area contributed by atoms with Crippen molar-refractivity contribution in [2.45, 2.75) is 26.8 Å². The minimum atomic E-state index is -2.87. The van der Waals surface area contributed by atoms with Gasteiger partial charge in [-0.25, -0.2) is 4.90 Å². The standard InChI is InChI=1S/C12H17F2N/c1-4-15(5-2)12(13,14)11-9-7-6-8-10(11)3/h6-9H,4-5H2,1-3H3. The molecule has 1 aromatic carbocycles. The molecule has 15 heavy (non-hydrogen) atoms. The van der Waals surface area contributed by atoms with Gasteiger partial charge in [-0.1, -0.05) is 38.1 Å². The van der Waals surface area contributed by atoms with Crippen LogP contribution in [-0.2, 0) is 6.05 Å². The molecule has 1 nitrogen and oxygen atoms in total. The van der Waals surface area contributed by atoms with Crippen LogP contribution >= 0.6 is 0 Å². The molecule has 1 aromatic rings. The van der Waals surface area contributed by atoms with Crippen molar-refractivity contribution in [2.24, 2.45) is 0 Å². The highest BCUT2D eigenvalue weighted by molar-refractivity contribution is 5.29. The van der Waals surface area contributed by atoms with Crippen molar-refractivity contribution < 1.29 is 8.78 Å². The number of rotatable bonds is 4. The average molecular weight is 213 g/mol. The third-order valence-corrected chi connectivity index (χ3v) is 2.63. The van der Waals surface area contributed by atoms with Gasteiger partial charge in [-0.3, -0.25) is 0 Å². The summed E-state index contributed by atoms with van der Waals surface area (Å²) in [5, 5.41) is 0. The number of hydrogen-bond donors (Lipinski definition) is 0. The summed E-state index contributed by atoms with van der Waals surface area (Å²) in [7, 11) is 0. The molecule has 0 aliphatic heterocycles. The zero-order chi connectivity index (χ0) is 11.5. The van der Waals surface area contributed by atoms with Crippen LogP contribution in [-0.4, -0.2) is 18.0 Å². The summed E-state index contributed by atoms with van der Waals surface area (Å²) in [6.07, 6.45) is 0. The smallest absolute Gasteiger partial charge is 0.241 e. The second-order valence-electron chi connectivity index (χ2n) is 3.53. The Kier molecular flexibility index (Phi) is 3.80. The van der Waals surface area contributed by atoms with Crippen molar-refractivity contribution in [1.82, 2.24) is 4.90 Å². The van der Waals surface area contributed by atoms with E-state index in [1.165, 1.54) is 6.07 Å². The molecule has 0 radical (unpaired) electrons. The first-order chi connectivity index (χ1) is 7.04. The Morgan fingerprint density at radius 1 is 1.13 bits per heavy atom. The molecule has 0 amide bonds. The number of halogens is 2. The Hall–Kier alpha value is -0.960. The van der Waals surface area contributed by atoms with Crippen LogP contribution in [0.2, 0.25) is 0 Å². The van der Waals surface area contributed by atoms with Gasteiger partial charge in [0.05, 0.1) is 0 Å². The highest BCUT2D eigenvalue weighted by Gasteiger charge is 2.38. The molecular formula is C12H17F2N. The molecule has 0 saturated heterocycles. The minimum Gasteiger partial charge on any atom is -0.241 e. The maximum Gasteiger partial charge on any atom is 0.332 e. The lowest BCUT2D eigenvalue weighted by Crippen LogP contribution is -2.39. The van der Waals surface area contributed by atoms with Gasteiger partial charge < -0.3 is 0 Å². The largest absolute Gasteiger partial charge is 0.332 e. The van der Waals surface area contributed by atoms with Crippen LogP contribution in [0, 0.1) is 6.92 Å². The first-order valence-corrected chi connectivity index (χ1v) is 5.23. The predicted molar refractivity (Wildman–Crippen MR) is 58.0 cm³/mol. The lowest BCUT2D eigenvalue weighted by molar-refractivity contribution is -0.151. The number of aryl methyl sites for hydroxylation is 1. The van der Waals surface area contributed by atoms with Crippen molar-refractivity contribution >= 4 is 0 Å². The maximum absolute atomic E-state index is 14.0. The summed E-state index contributed by atoms with van der Waals surface area (Å²) in [5.41, 5.74) is 0.739. The second kappa shape index (κ2) is 4.71. The van der Waals surface area contributed by atoms with E-state index in [2.05, 4.69) is 0 Å². The Bertz CT molecular complexity index is 319. The van der Waals surface area contributed by atoms with E-state index in [9.17, 15) is 8.78 Å². The molecule has 0 fully saturated rings. The van der Waals surface area contributed by atoms with E-state index in [0.29, 0.717) is 18.7 Å². The van der Waals surface area contributed by atoms with Crippen LogP contribution in [0.25, 0.3) is 0 Å². The molecule has 0 aromatic heterocycles. The van der Waals surface area contributed by atoms with Crippen LogP contribution in [0.15, 0.2) is 24.3 Å². The lowest BCUT2D eigenvalue weighted by atomic mass is 10.1. The number of nitrogens with zero attached hydrogens (tertiary/aromatic N) is 1. The highest BCUT2D eigenvalue weighted by atomic mass is 19.3. The molecule has 0 atom stereocenters. The van der Waals surface area contributed by atoms with Gasteiger partial charge in [0.15, 0.2) is 0 Å². The van der Waals surface area contributed by atoms with E-state index in [0.717, 1.165) is 4.90 Å². The van der Waals surface area contributed by atoms with Crippen molar-refractivity contribution in [1.29, 1.82) is 0 Å². The van der Waals surface area contributed by atoms with E-state index in [4.69, 9.17) is 0 Å². The molecule has 0 saturated carbocycles. The summed E-state index contributed by atoms with van der Waals surface area (Å²) in [4.78, 5) is 1.16. The van der Waals surface area contributed by atoms with E-state index in [-0.39, 0.29) is 5.56 Å². The zero-order valence-corrected chi connectivity index (χ0v) is 9.43. The summed E-state index contributed by atoms with van der Waals surface area (Å²) < 4.78 is 28.0. The molecule has 0 unspecified atom stereocenters. The predicted octanol–water partition coefficient (Wildman–Crippen LogP) is 3.39. The van der Waals surface area contributed by atoms with Crippen LogP contribution in [0.4, 0.5) is 8.78 Å². The molecule has 0 bridgehead atoms. The summed E-state index contributed by atoms with van der Waals surface area (Å²) in [5.74, 6) is 0. The summed E-state index contributed by atoms with van der Waals surface area (Å²) in [6.45, 7) is 5.90. The monoisotopic (exact) mass is 213 g/mol. The summed E-state index contributed by atoms with van der Waals surface area (Å²) >= 11 is 0. The third-order valence-electron chi connectivity index (χ3n) is 2.63. The summed E-state index contributed by atoms with van der Waals surface area (Å²) in [6, 6.07) is 3.77. The Morgan fingerprint density at radius 3 is 2.13 bits per heavy atom. The molecule has 0 N–H and O–H groups in total. The lowest BCUT2D eigenvalue weighted by Gasteiger charge is -2.30. The van der Waals surface area contributed by atoms with Gasteiger partial charge in [-0.15, -0.1) is 0 Å². The van der Waals surface area contributed by atoms with Gasteiger partial charge >= 0.3 is 6.05 Å². The molecule has 84 valence electrons. The van der Waals surface area contributed by atoms with E-state index in [1.807, 2.05) is 0 Å². The molecule has 0 spiro atoms.